The lowest BCUT2D eigenvalue weighted by Crippen LogP contribution is -2.45. The van der Waals surface area contributed by atoms with Gasteiger partial charge in [0.05, 0.1) is 11.6 Å². The molecule has 186 valence electrons. The van der Waals surface area contributed by atoms with Crippen LogP contribution in [0.4, 0.5) is 15.0 Å². The molecule has 0 unspecified atom stereocenters. The third-order valence-electron chi connectivity index (χ3n) is 5.59. The van der Waals surface area contributed by atoms with Crippen molar-refractivity contribution >= 4 is 40.2 Å². The fraction of sp³-hybridized carbons (Fsp3) is 0.346. The van der Waals surface area contributed by atoms with Crippen LogP contribution in [0.5, 0.6) is 0 Å². The Balaban J connectivity index is 1.61. The minimum Gasteiger partial charge on any atom is -0.447 e. The lowest BCUT2D eigenvalue weighted by atomic mass is 9.98. The van der Waals surface area contributed by atoms with E-state index in [0.717, 1.165) is 5.56 Å². The number of nitrogens with zero attached hydrogens (tertiary/aromatic N) is 2. The SMILES string of the molecule is CN(C(=O)CCc1ccccc1Cl)[C@H](COC(=O)Nc1cc2c(F)cccc2cn1)CC(C)(C)O. The first kappa shape index (κ1) is 26.4. The Morgan fingerprint density at radius 3 is 2.69 bits per heavy atom. The van der Waals surface area contributed by atoms with Gasteiger partial charge < -0.3 is 14.7 Å². The van der Waals surface area contributed by atoms with Crippen molar-refractivity contribution in [1.29, 1.82) is 0 Å². The number of carbonyl (C=O) groups is 2. The zero-order valence-corrected chi connectivity index (χ0v) is 20.7. The molecule has 0 radical (unpaired) electrons. The Hall–Kier alpha value is -3.23. The van der Waals surface area contributed by atoms with Gasteiger partial charge in [0.25, 0.3) is 0 Å². The number of benzene rings is 2. The van der Waals surface area contributed by atoms with Gasteiger partial charge in [-0.05, 0) is 50.5 Å². The molecule has 2 amide bonds. The fourth-order valence-corrected chi connectivity index (χ4v) is 3.95. The standard InChI is InChI=1S/C26H29ClFN3O4/c1-26(2,34)14-19(31(3)24(32)12-11-17-7-4-5-9-21(17)27)16-35-25(33)30-23-13-20-18(15-29-23)8-6-10-22(20)28/h4-10,13,15,19,34H,11-12,14,16H2,1-3H3,(H,29,30,33)/t19-/m0/s1. The molecular formula is C26H29ClFN3O4. The van der Waals surface area contributed by atoms with E-state index in [1.54, 1.807) is 39.1 Å². The number of likely N-dealkylation sites (N-methyl/N-ethyl adjacent to an activating group) is 1. The van der Waals surface area contributed by atoms with Gasteiger partial charge >= 0.3 is 6.09 Å². The molecule has 2 N–H and O–H groups in total. The zero-order chi connectivity index (χ0) is 25.6. The normalized spacial score (nSPS) is 12.3. The van der Waals surface area contributed by atoms with Crippen LogP contribution in [0.1, 0.15) is 32.3 Å². The van der Waals surface area contributed by atoms with Gasteiger partial charge in [-0.25, -0.2) is 14.2 Å². The molecule has 1 aromatic heterocycles. The highest BCUT2D eigenvalue weighted by Gasteiger charge is 2.28. The molecule has 35 heavy (non-hydrogen) atoms. The van der Waals surface area contributed by atoms with Gasteiger partial charge in [0.1, 0.15) is 18.2 Å². The Morgan fingerprint density at radius 2 is 1.97 bits per heavy atom. The number of aromatic nitrogens is 1. The second-order valence-corrected chi connectivity index (χ2v) is 9.43. The molecule has 0 bridgehead atoms. The van der Waals surface area contributed by atoms with Crippen molar-refractivity contribution in [2.24, 2.45) is 0 Å². The number of fused-ring (bicyclic) bond motifs is 1. The lowest BCUT2D eigenvalue weighted by molar-refractivity contribution is -0.134. The maximum atomic E-state index is 14.0. The Morgan fingerprint density at radius 1 is 1.23 bits per heavy atom. The molecule has 1 heterocycles. The highest BCUT2D eigenvalue weighted by atomic mass is 35.5. The number of rotatable bonds is 9. The van der Waals surface area contributed by atoms with E-state index in [1.165, 1.54) is 23.2 Å². The average Bonchev–Trinajstić information content (AvgIpc) is 2.80. The molecule has 0 fully saturated rings. The molecule has 2 aromatic carbocycles. The Bertz CT molecular complexity index is 1200. The van der Waals surface area contributed by atoms with Crippen molar-refractivity contribution in [3.63, 3.8) is 0 Å². The van der Waals surface area contributed by atoms with E-state index in [4.69, 9.17) is 16.3 Å². The second-order valence-electron chi connectivity index (χ2n) is 9.02. The smallest absolute Gasteiger partial charge is 0.412 e. The first-order chi connectivity index (χ1) is 16.5. The van der Waals surface area contributed by atoms with E-state index in [-0.39, 0.29) is 31.2 Å². The summed E-state index contributed by atoms with van der Waals surface area (Å²) in [6.07, 6.45) is 1.51. The largest absolute Gasteiger partial charge is 0.447 e. The third-order valence-corrected chi connectivity index (χ3v) is 5.96. The van der Waals surface area contributed by atoms with Gasteiger partial charge in [0, 0.05) is 35.5 Å². The van der Waals surface area contributed by atoms with Gasteiger partial charge in [-0.1, -0.05) is 41.9 Å². The third kappa shape index (κ3) is 7.63. The number of aliphatic hydroxyl groups is 1. The molecule has 0 aliphatic rings. The number of pyridine rings is 1. The summed E-state index contributed by atoms with van der Waals surface area (Å²) < 4.78 is 19.4. The topological polar surface area (TPSA) is 91.8 Å². The molecule has 7 nitrogen and oxygen atoms in total. The highest BCUT2D eigenvalue weighted by Crippen LogP contribution is 2.21. The number of aryl methyl sites for hydroxylation is 1. The summed E-state index contributed by atoms with van der Waals surface area (Å²) in [5.41, 5.74) is -0.232. The predicted octanol–water partition coefficient (Wildman–Crippen LogP) is 5.20. The van der Waals surface area contributed by atoms with E-state index >= 15 is 0 Å². The van der Waals surface area contributed by atoms with Crippen LogP contribution in [0.2, 0.25) is 5.02 Å². The number of amides is 2. The quantitative estimate of drug-likeness (QED) is 0.420. The Kier molecular flexibility index (Phi) is 8.64. The summed E-state index contributed by atoms with van der Waals surface area (Å²) in [5.74, 6) is -0.464. The van der Waals surface area contributed by atoms with Crippen LogP contribution < -0.4 is 5.32 Å². The zero-order valence-electron chi connectivity index (χ0n) is 19.9. The van der Waals surface area contributed by atoms with Crippen molar-refractivity contribution in [2.45, 2.75) is 44.8 Å². The van der Waals surface area contributed by atoms with Crippen LogP contribution in [-0.2, 0) is 16.0 Å². The molecule has 0 saturated carbocycles. The van der Waals surface area contributed by atoms with Gasteiger partial charge in [-0.3, -0.25) is 10.1 Å². The number of hydrogen-bond acceptors (Lipinski definition) is 5. The van der Waals surface area contributed by atoms with Crippen LogP contribution >= 0.6 is 11.6 Å². The molecule has 0 aliphatic heterocycles. The summed E-state index contributed by atoms with van der Waals surface area (Å²) >= 11 is 6.18. The van der Waals surface area contributed by atoms with Crippen molar-refractivity contribution < 1.29 is 23.8 Å². The monoisotopic (exact) mass is 501 g/mol. The first-order valence-electron chi connectivity index (χ1n) is 11.2. The molecule has 0 saturated heterocycles. The Labute approximate surface area is 208 Å². The van der Waals surface area contributed by atoms with Gasteiger partial charge in [0.15, 0.2) is 0 Å². The maximum Gasteiger partial charge on any atom is 0.412 e. The van der Waals surface area contributed by atoms with Crippen molar-refractivity contribution in [2.75, 3.05) is 19.0 Å². The molecule has 3 aromatic rings. The molecule has 1 atom stereocenters. The summed E-state index contributed by atoms with van der Waals surface area (Å²) in [7, 11) is 1.61. The van der Waals surface area contributed by atoms with Crippen LogP contribution in [0.15, 0.2) is 54.7 Å². The van der Waals surface area contributed by atoms with Crippen LogP contribution in [-0.4, -0.2) is 52.3 Å². The number of carbonyl (C=O) groups excluding carboxylic acids is 2. The number of hydrogen-bond donors (Lipinski definition) is 2. The predicted molar refractivity (Wildman–Crippen MR) is 134 cm³/mol. The summed E-state index contributed by atoms with van der Waals surface area (Å²) in [5, 5.41) is 14.3. The summed E-state index contributed by atoms with van der Waals surface area (Å²) in [4.78, 5) is 30.8. The van der Waals surface area contributed by atoms with Crippen molar-refractivity contribution in [1.82, 2.24) is 9.88 Å². The molecule has 3 rings (SSSR count). The fourth-order valence-electron chi connectivity index (χ4n) is 3.72. The van der Waals surface area contributed by atoms with Crippen LogP contribution in [0.3, 0.4) is 0 Å². The highest BCUT2D eigenvalue weighted by molar-refractivity contribution is 6.31. The molecule has 9 heteroatoms. The minimum atomic E-state index is -1.10. The van der Waals surface area contributed by atoms with Crippen molar-refractivity contribution in [3.8, 4) is 0 Å². The number of anilines is 1. The summed E-state index contributed by atoms with van der Waals surface area (Å²) in [6, 6.07) is 12.8. The van der Waals surface area contributed by atoms with Crippen molar-refractivity contribution in [3.05, 3.63) is 71.1 Å². The van der Waals surface area contributed by atoms with Gasteiger partial charge in [-0.15, -0.1) is 0 Å². The van der Waals surface area contributed by atoms with Crippen LogP contribution in [0.25, 0.3) is 10.8 Å². The second kappa shape index (κ2) is 11.5. The first-order valence-corrected chi connectivity index (χ1v) is 11.6. The number of nitrogens with one attached hydrogen (secondary N) is 1. The minimum absolute atomic E-state index is 0.135. The van der Waals surface area contributed by atoms with E-state index in [0.29, 0.717) is 22.2 Å². The molecule has 0 aliphatic carbocycles. The van der Waals surface area contributed by atoms with E-state index < -0.39 is 23.6 Å². The van der Waals surface area contributed by atoms with E-state index in [9.17, 15) is 19.1 Å². The molecule has 0 spiro atoms. The number of halogens is 2. The van der Waals surface area contributed by atoms with E-state index in [2.05, 4.69) is 10.3 Å². The molecular weight excluding hydrogens is 473 g/mol. The average molecular weight is 502 g/mol. The van der Waals surface area contributed by atoms with Gasteiger partial charge in [0.2, 0.25) is 5.91 Å². The summed E-state index contributed by atoms with van der Waals surface area (Å²) in [6.45, 7) is 3.09. The lowest BCUT2D eigenvalue weighted by Gasteiger charge is -2.32. The van der Waals surface area contributed by atoms with E-state index in [1.807, 2.05) is 18.2 Å². The number of ether oxygens (including phenoxy) is 1. The van der Waals surface area contributed by atoms with Gasteiger partial charge in [-0.2, -0.15) is 0 Å². The maximum absolute atomic E-state index is 14.0. The van der Waals surface area contributed by atoms with Crippen LogP contribution in [0, 0.1) is 5.82 Å².